The maximum Gasteiger partial charge on any atom is 0.0995 e. The number of benzene rings is 2. The highest BCUT2D eigenvalue weighted by atomic mass is 79.9. The molecule has 2 aromatic rings. The lowest BCUT2D eigenvalue weighted by molar-refractivity contribution is 1.13. The van der Waals surface area contributed by atoms with Gasteiger partial charge in [-0.3, -0.25) is 0 Å². The van der Waals surface area contributed by atoms with E-state index >= 15 is 0 Å². The summed E-state index contributed by atoms with van der Waals surface area (Å²) in [5.41, 5.74) is 2.56. The van der Waals surface area contributed by atoms with Gasteiger partial charge in [0.2, 0.25) is 0 Å². The minimum atomic E-state index is 0.586. The standard InChI is InChI=1S/C14H10BrClN2/c15-14-12(16)6-3-7-13(14)18-9-11-5-2-1-4-10(11)8-17/h1-7,18H,9H2. The monoisotopic (exact) mass is 320 g/mol. The zero-order valence-corrected chi connectivity index (χ0v) is 11.8. The third-order valence-electron chi connectivity index (χ3n) is 2.56. The second-order valence-electron chi connectivity index (χ2n) is 3.72. The normalized spacial score (nSPS) is 9.83. The van der Waals surface area contributed by atoms with E-state index in [9.17, 15) is 0 Å². The van der Waals surface area contributed by atoms with E-state index in [1.807, 2.05) is 42.5 Å². The molecule has 2 aromatic carbocycles. The summed E-state index contributed by atoms with van der Waals surface area (Å²) in [5, 5.41) is 12.9. The molecule has 0 bridgehead atoms. The van der Waals surface area contributed by atoms with Crippen LogP contribution in [0.1, 0.15) is 11.1 Å². The van der Waals surface area contributed by atoms with E-state index in [1.165, 1.54) is 0 Å². The van der Waals surface area contributed by atoms with Gasteiger partial charge in [0.15, 0.2) is 0 Å². The Kier molecular flexibility index (Phi) is 4.24. The molecule has 0 heterocycles. The van der Waals surface area contributed by atoms with E-state index in [4.69, 9.17) is 16.9 Å². The predicted molar refractivity (Wildman–Crippen MR) is 77.6 cm³/mol. The molecule has 0 saturated heterocycles. The molecule has 0 aliphatic heterocycles. The SMILES string of the molecule is N#Cc1ccccc1CNc1cccc(Cl)c1Br. The summed E-state index contributed by atoms with van der Waals surface area (Å²) in [6.07, 6.45) is 0. The van der Waals surface area contributed by atoms with E-state index < -0.39 is 0 Å². The number of anilines is 1. The van der Waals surface area contributed by atoms with Gasteiger partial charge in [0, 0.05) is 6.54 Å². The molecule has 90 valence electrons. The first-order valence-corrected chi connectivity index (χ1v) is 6.55. The minimum absolute atomic E-state index is 0.586. The van der Waals surface area contributed by atoms with Crippen molar-refractivity contribution >= 4 is 33.2 Å². The molecule has 0 aliphatic carbocycles. The van der Waals surface area contributed by atoms with Crippen LogP contribution in [0.4, 0.5) is 5.69 Å². The van der Waals surface area contributed by atoms with E-state index in [0.717, 1.165) is 15.7 Å². The maximum absolute atomic E-state index is 9.01. The Morgan fingerprint density at radius 3 is 2.72 bits per heavy atom. The van der Waals surface area contributed by atoms with Crippen molar-refractivity contribution in [3.8, 4) is 6.07 Å². The van der Waals surface area contributed by atoms with E-state index in [-0.39, 0.29) is 0 Å². The third-order valence-corrected chi connectivity index (χ3v) is 3.96. The number of nitrogens with zero attached hydrogens (tertiary/aromatic N) is 1. The summed E-state index contributed by atoms with van der Waals surface area (Å²) < 4.78 is 0.834. The summed E-state index contributed by atoms with van der Waals surface area (Å²) in [7, 11) is 0. The van der Waals surface area contributed by atoms with Crippen LogP contribution in [-0.4, -0.2) is 0 Å². The highest BCUT2D eigenvalue weighted by Crippen LogP contribution is 2.30. The zero-order chi connectivity index (χ0) is 13.0. The number of nitriles is 1. The number of hydrogen-bond acceptors (Lipinski definition) is 2. The molecule has 0 radical (unpaired) electrons. The lowest BCUT2D eigenvalue weighted by atomic mass is 10.1. The summed E-state index contributed by atoms with van der Waals surface area (Å²) >= 11 is 9.44. The molecule has 0 aliphatic rings. The molecule has 2 nitrogen and oxygen atoms in total. The van der Waals surface area contributed by atoms with E-state index in [1.54, 1.807) is 0 Å². The number of hydrogen-bond donors (Lipinski definition) is 1. The Balaban J connectivity index is 2.17. The first-order valence-electron chi connectivity index (χ1n) is 5.38. The Morgan fingerprint density at radius 1 is 1.17 bits per heavy atom. The van der Waals surface area contributed by atoms with Crippen LogP contribution >= 0.6 is 27.5 Å². The summed E-state index contributed by atoms with van der Waals surface area (Å²) in [4.78, 5) is 0. The predicted octanol–water partition coefficient (Wildman–Crippen LogP) is 4.59. The minimum Gasteiger partial charge on any atom is -0.380 e. The molecule has 2 rings (SSSR count). The highest BCUT2D eigenvalue weighted by Gasteiger charge is 2.05. The van der Waals surface area contributed by atoms with E-state index in [2.05, 4.69) is 27.3 Å². The van der Waals surface area contributed by atoms with Gasteiger partial charge >= 0.3 is 0 Å². The topological polar surface area (TPSA) is 35.8 Å². The van der Waals surface area contributed by atoms with Gasteiger partial charge < -0.3 is 5.32 Å². The molecule has 0 fully saturated rings. The Labute approximate surface area is 119 Å². The number of rotatable bonds is 3. The summed E-state index contributed by atoms with van der Waals surface area (Å²) in [6.45, 7) is 0.586. The van der Waals surface area contributed by atoms with Gasteiger partial charge in [0.1, 0.15) is 0 Å². The fraction of sp³-hybridized carbons (Fsp3) is 0.0714. The molecule has 0 amide bonds. The van der Waals surface area contributed by atoms with Gasteiger partial charge in [0.05, 0.1) is 26.8 Å². The van der Waals surface area contributed by atoms with Gasteiger partial charge in [0.25, 0.3) is 0 Å². The second-order valence-corrected chi connectivity index (χ2v) is 4.92. The molecule has 0 saturated carbocycles. The van der Waals surface area contributed by atoms with Gasteiger partial charge in [-0.1, -0.05) is 35.9 Å². The van der Waals surface area contributed by atoms with Crippen LogP contribution in [-0.2, 0) is 6.54 Å². The first-order chi connectivity index (χ1) is 8.72. The second kappa shape index (κ2) is 5.90. The summed E-state index contributed by atoms with van der Waals surface area (Å²) in [6, 6.07) is 15.3. The highest BCUT2D eigenvalue weighted by molar-refractivity contribution is 9.10. The first kappa shape index (κ1) is 12.9. The van der Waals surface area contributed by atoms with Gasteiger partial charge in [-0.25, -0.2) is 0 Å². The Hall–Kier alpha value is -1.50. The van der Waals surface area contributed by atoms with Crippen LogP contribution in [0.2, 0.25) is 5.02 Å². The van der Waals surface area contributed by atoms with E-state index in [0.29, 0.717) is 17.1 Å². The molecule has 0 aromatic heterocycles. The quantitative estimate of drug-likeness (QED) is 0.897. The zero-order valence-electron chi connectivity index (χ0n) is 9.45. The molecular formula is C14H10BrClN2. The maximum atomic E-state index is 9.01. The molecule has 4 heteroatoms. The largest absolute Gasteiger partial charge is 0.380 e. The van der Waals surface area contributed by atoms with Crippen molar-refractivity contribution < 1.29 is 0 Å². The average molecular weight is 322 g/mol. The summed E-state index contributed by atoms with van der Waals surface area (Å²) in [5.74, 6) is 0. The molecular weight excluding hydrogens is 312 g/mol. The van der Waals surface area contributed by atoms with Crippen LogP contribution in [0.25, 0.3) is 0 Å². The van der Waals surface area contributed by atoms with Crippen molar-refractivity contribution in [1.82, 2.24) is 0 Å². The Bertz CT molecular complexity index is 605. The third kappa shape index (κ3) is 2.84. The molecule has 0 atom stereocenters. The van der Waals surface area contributed by atoms with Crippen molar-refractivity contribution in [3.63, 3.8) is 0 Å². The molecule has 18 heavy (non-hydrogen) atoms. The van der Waals surface area contributed by atoms with Crippen LogP contribution in [0.5, 0.6) is 0 Å². The van der Waals surface area contributed by atoms with Crippen molar-refractivity contribution in [3.05, 3.63) is 63.1 Å². The van der Waals surface area contributed by atoms with Gasteiger partial charge in [-0.05, 0) is 39.7 Å². The van der Waals surface area contributed by atoms with Crippen molar-refractivity contribution in [1.29, 1.82) is 5.26 Å². The van der Waals surface area contributed by atoms with Crippen molar-refractivity contribution in [2.45, 2.75) is 6.54 Å². The van der Waals surface area contributed by atoms with Crippen molar-refractivity contribution in [2.24, 2.45) is 0 Å². The molecule has 1 N–H and O–H groups in total. The van der Waals surface area contributed by atoms with Gasteiger partial charge in [-0.15, -0.1) is 0 Å². The van der Waals surface area contributed by atoms with Crippen LogP contribution in [0.3, 0.4) is 0 Å². The lowest BCUT2D eigenvalue weighted by Crippen LogP contribution is -2.02. The average Bonchev–Trinajstić information content (AvgIpc) is 2.41. The number of nitrogens with one attached hydrogen (secondary N) is 1. The van der Waals surface area contributed by atoms with Gasteiger partial charge in [-0.2, -0.15) is 5.26 Å². The van der Waals surface area contributed by atoms with Crippen LogP contribution in [0, 0.1) is 11.3 Å². The Morgan fingerprint density at radius 2 is 1.94 bits per heavy atom. The van der Waals surface area contributed by atoms with Crippen LogP contribution < -0.4 is 5.32 Å². The fourth-order valence-corrected chi connectivity index (χ4v) is 2.19. The van der Waals surface area contributed by atoms with Crippen molar-refractivity contribution in [2.75, 3.05) is 5.32 Å². The lowest BCUT2D eigenvalue weighted by Gasteiger charge is -2.10. The number of halogens is 2. The van der Waals surface area contributed by atoms with Crippen LogP contribution in [0.15, 0.2) is 46.9 Å². The molecule has 0 spiro atoms. The fourth-order valence-electron chi connectivity index (χ4n) is 1.61. The molecule has 0 unspecified atom stereocenters. The smallest absolute Gasteiger partial charge is 0.0995 e.